The summed E-state index contributed by atoms with van der Waals surface area (Å²) in [5.74, 6) is -1.62. The maximum absolute atomic E-state index is 11.8. The van der Waals surface area contributed by atoms with Crippen molar-refractivity contribution in [3.8, 4) is 0 Å². The lowest BCUT2D eigenvalue weighted by molar-refractivity contribution is 0.0696. The number of furan rings is 1. The van der Waals surface area contributed by atoms with Crippen LogP contribution in [0.25, 0.3) is 0 Å². The van der Waals surface area contributed by atoms with Gasteiger partial charge in [0.25, 0.3) is 5.91 Å². The number of aromatic carboxylic acids is 1. The minimum atomic E-state index is -1.13. The van der Waals surface area contributed by atoms with Gasteiger partial charge in [0.05, 0.1) is 17.8 Å². The lowest BCUT2D eigenvalue weighted by Crippen LogP contribution is -2.22. The fourth-order valence-corrected chi connectivity index (χ4v) is 2.51. The summed E-state index contributed by atoms with van der Waals surface area (Å²) in [5, 5.41) is 14.2. The van der Waals surface area contributed by atoms with Crippen molar-refractivity contribution in [2.75, 3.05) is 0 Å². The SMILES string of the molecule is CC(C)(C)c1csc(CNC(=O)c2cc(C(=O)O)co2)n1. The first-order chi connectivity index (χ1) is 9.77. The molecule has 2 heterocycles. The fraction of sp³-hybridized carbons (Fsp3) is 0.357. The molecule has 21 heavy (non-hydrogen) atoms. The highest BCUT2D eigenvalue weighted by molar-refractivity contribution is 7.09. The summed E-state index contributed by atoms with van der Waals surface area (Å²) in [6, 6.07) is 1.19. The van der Waals surface area contributed by atoms with Gasteiger partial charge < -0.3 is 14.8 Å². The molecule has 0 aromatic carbocycles. The molecule has 0 unspecified atom stereocenters. The zero-order valence-electron chi connectivity index (χ0n) is 12.0. The van der Waals surface area contributed by atoms with E-state index in [-0.39, 0.29) is 23.3 Å². The molecule has 0 aliphatic carbocycles. The van der Waals surface area contributed by atoms with Crippen LogP contribution in [0, 0.1) is 0 Å². The minimum absolute atomic E-state index is 0.0278. The van der Waals surface area contributed by atoms with Crippen LogP contribution in [0.3, 0.4) is 0 Å². The van der Waals surface area contributed by atoms with Crippen LogP contribution in [0.1, 0.15) is 52.4 Å². The van der Waals surface area contributed by atoms with Crippen molar-refractivity contribution in [2.45, 2.75) is 32.7 Å². The Morgan fingerprint density at radius 1 is 1.43 bits per heavy atom. The van der Waals surface area contributed by atoms with Gasteiger partial charge in [-0.2, -0.15) is 0 Å². The molecule has 2 aromatic heterocycles. The van der Waals surface area contributed by atoms with Gasteiger partial charge in [0.2, 0.25) is 0 Å². The molecule has 2 N–H and O–H groups in total. The molecular weight excluding hydrogens is 292 g/mol. The number of hydrogen-bond donors (Lipinski definition) is 2. The van der Waals surface area contributed by atoms with E-state index < -0.39 is 11.9 Å². The van der Waals surface area contributed by atoms with E-state index in [0.717, 1.165) is 17.0 Å². The van der Waals surface area contributed by atoms with Crippen molar-refractivity contribution in [3.05, 3.63) is 39.7 Å². The fourth-order valence-electron chi connectivity index (χ4n) is 1.55. The topological polar surface area (TPSA) is 92.4 Å². The van der Waals surface area contributed by atoms with Crippen LogP contribution >= 0.6 is 11.3 Å². The minimum Gasteiger partial charge on any atom is -0.478 e. The van der Waals surface area contributed by atoms with E-state index in [4.69, 9.17) is 9.52 Å². The largest absolute Gasteiger partial charge is 0.478 e. The average Bonchev–Trinajstić information content (AvgIpc) is 3.04. The van der Waals surface area contributed by atoms with Gasteiger partial charge >= 0.3 is 5.97 Å². The normalized spacial score (nSPS) is 11.4. The van der Waals surface area contributed by atoms with Gasteiger partial charge in [0, 0.05) is 16.9 Å². The predicted octanol–water partition coefficient (Wildman–Crippen LogP) is 2.66. The van der Waals surface area contributed by atoms with Crippen LogP contribution in [0.5, 0.6) is 0 Å². The molecule has 0 aliphatic rings. The molecule has 112 valence electrons. The van der Waals surface area contributed by atoms with Crippen LogP contribution in [0.15, 0.2) is 22.1 Å². The molecule has 2 aromatic rings. The number of hydrogen-bond acceptors (Lipinski definition) is 5. The molecule has 2 rings (SSSR count). The first-order valence-electron chi connectivity index (χ1n) is 6.32. The molecule has 0 radical (unpaired) electrons. The van der Waals surface area contributed by atoms with Gasteiger partial charge in [0.15, 0.2) is 5.76 Å². The highest BCUT2D eigenvalue weighted by Crippen LogP contribution is 2.23. The summed E-state index contributed by atoms with van der Waals surface area (Å²) in [7, 11) is 0. The lowest BCUT2D eigenvalue weighted by atomic mass is 9.93. The van der Waals surface area contributed by atoms with Crippen LogP contribution < -0.4 is 5.32 Å². The van der Waals surface area contributed by atoms with Gasteiger partial charge in [-0.15, -0.1) is 11.3 Å². The standard InChI is InChI=1S/C14H16N2O4S/c1-14(2,3)10-7-21-11(16-10)5-15-12(17)9-4-8(6-20-9)13(18)19/h4,6-7H,5H2,1-3H3,(H,15,17)(H,18,19). The van der Waals surface area contributed by atoms with Gasteiger partial charge in [-0.25, -0.2) is 9.78 Å². The van der Waals surface area contributed by atoms with Crippen LogP contribution in [0.2, 0.25) is 0 Å². The van der Waals surface area contributed by atoms with Crippen molar-refractivity contribution in [2.24, 2.45) is 0 Å². The van der Waals surface area contributed by atoms with E-state index in [1.54, 1.807) is 0 Å². The van der Waals surface area contributed by atoms with Crippen molar-refractivity contribution in [3.63, 3.8) is 0 Å². The summed E-state index contributed by atoms with van der Waals surface area (Å²) in [5.41, 5.74) is 0.892. The third-order valence-electron chi connectivity index (χ3n) is 2.79. The highest BCUT2D eigenvalue weighted by atomic mass is 32.1. The Kier molecular flexibility index (Phi) is 4.13. The quantitative estimate of drug-likeness (QED) is 0.906. The molecule has 7 heteroatoms. The number of nitrogens with zero attached hydrogens (tertiary/aromatic N) is 1. The molecule has 0 aliphatic heterocycles. The van der Waals surface area contributed by atoms with Crippen molar-refractivity contribution in [1.82, 2.24) is 10.3 Å². The first-order valence-corrected chi connectivity index (χ1v) is 7.20. The average molecular weight is 308 g/mol. The second kappa shape index (κ2) is 5.69. The third kappa shape index (κ3) is 3.69. The van der Waals surface area contributed by atoms with E-state index in [2.05, 4.69) is 31.1 Å². The Hall–Kier alpha value is -2.15. The number of amides is 1. The van der Waals surface area contributed by atoms with E-state index in [1.807, 2.05) is 5.38 Å². The number of nitrogens with one attached hydrogen (secondary N) is 1. The van der Waals surface area contributed by atoms with Crippen molar-refractivity contribution in [1.29, 1.82) is 0 Å². The van der Waals surface area contributed by atoms with Crippen LogP contribution in [0.4, 0.5) is 0 Å². The molecule has 1 amide bonds. The summed E-state index contributed by atoms with van der Waals surface area (Å²) >= 11 is 1.47. The first kappa shape index (κ1) is 15.2. The Morgan fingerprint density at radius 3 is 2.67 bits per heavy atom. The Labute approximate surface area is 125 Å². The van der Waals surface area contributed by atoms with Gasteiger partial charge in [0.1, 0.15) is 11.3 Å². The zero-order valence-corrected chi connectivity index (χ0v) is 12.8. The summed E-state index contributed by atoms with van der Waals surface area (Å²) in [6.45, 7) is 6.49. The number of carboxylic acid groups (broad SMARTS) is 1. The van der Waals surface area contributed by atoms with Crippen LogP contribution in [-0.4, -0.2) is 22.0 Å². The predicted molar refractivity (Wildman–Crippen MR) is 77.7 cm³/mol. The number of carbonyl (C=O) groups excluding carboxylic acids is 1. The molecule has 0 bridgehead atoms. The summed E-state index contributed by atoms with van der Waals surface area (Å²) < 4.78 is 4.93. The summed E-state index contributed by atoms with van der Waals surface area (Å²) in [4.78, 5) is 27.0. The van der Waals surface area contributed by atoms with Gasteiger partial charge in [-0.3, -0.25) is 4.79 Å². The smallest absolute Gasteiger partial charge is 0.338 e. The second-order valence-corrected chi connectivity index (χ2v) is 6.51. The van der Waals surface area contributed by atoms with E-state index in [9.17, 15) is 9.59 Å². The molecular formula is C14H16N2O4S. The molecule has 0 fully saturated rings. The van der Waals surface area contributed by atoms with E-state index >= 15 is 0 Å². The van der Waals surface area contributed by atoms with E-state index in [0.29, 0.717) is 0 Å². The Morgan fingerprint density at radius 2 is 2.14 bits per heavy atom. The molecule has 6 nitrogen and oxygen atoms in total. The Bertz CT molecular complexity index is 667. The van der Waals surface area contributed by atoms with Crippen molar-refractivity contribution < 1.29 is 19.1 Å². The molecule has 0 saturated heterocycles. The third-order valence-corrected chi connectivity index (χ3v) is 3.64. The number of carbonyl (C=O) groups is 2. The highest BCUT2D eigenvalue weighted by Gasteiger charge is 2.18. The zero-order chi connectivity index (χ0) is 15.6. The van der Waals surface area contributed by atoms with Gasteiger partial charge in [-0.05, 0) is 0 Å². The monoisotopic (exact) mass is 308 g/mol. The number of thiazole rings is 1. The van der Waals surface area contributed by atoms with Crippen molar-refractivity contribution >= 4 is 23.2 Å². The maximum Gasteiger partial charge on any atom is 0.338 e. The molecule has 0 atom stereocenters. The maximum atomic E-state index is 11.8. The number of aromatic nitrogens is 1. The number of carboxylic acids is 1. The van der Waals surface area contributed by atoms with Gasteiger partial charge in [-0.1, -0.05) is 20.8 Å². The second-order valence-electron chi connectivity index (χ2n) is 5.56. The number of rotatable bonds is 4. The lowest BCUT2D eigenvalue weighted by Gasteiger charge is -2.14. The Balaban J connectivity index is 1.97. The molecule has 0 saturated carbocycles. The van der Waals surface area contributed by atoms with E-state index in [1.165, 1.54) is 17.4 Å². The van der Waals surface area contributed by atoms with Crippen LogP contribution in [-0.2, 0) is 12.0 Å². The summed E-state index contributed by atoms with van der Waals surface area (Å²) in [6.07, 6.45) is 1.04. The molecule has 0 spiro atoms.